The summed E-state index contributed by atoms with van der Waals surface area (Å²) in [6, 6.07) is 9.20. The Morgan fingerprint density at radius 1 is 1.35 bits per heavy atom. The second-order valence-corrected chi connectivity index (χ2v) is 10.5. The van der Waals surface area contributed by atoms with Crippen molar-refractivity contribution in [2.75, 3.05) is 16.7 Å². The quantitative estimate of drug-likeness (QED) is 0.605. The van der Waals surface area contributed by atoms with Crippen molar-refractivity contribution in [3.63, 3.8) is 0 Å². The average Bonchev–Trinajstić information content (AvgIpc) is 3.39. The van der Waals surface area contributed by atoms with E-state index in [-0.39, 0.29) is 6.04 Å². The Balaban J connectivity index is 1.67. The number of nitrogens with one attached hydrogen (secondary N) is 1. The highest BCUT2D eigenvalue weighted by Gasteiger charge is 2.30. The van der Waals surface area contributed by atoms with Crippen LogP contribution in [0.1, 0.15) is 21.5 Å². The lowest BCUT2D eigenvalue weighted by Gasteiger charge is -2.21. The number of anilines is 2. The van der Waals surface area contributed by atoms with Crippen LogP contribution in [0.3, 0.4) is 0 Å². The highest BCUT2D eigenvalue weighted by atomic mass is 32.2. The SMILES string of the molecule is CN(c1cccc2c1NC(c1ncc(CS)s1)C2)S(=O)(=O)c1cccs1. The zero-order valence-corrected chi connectivity index (χ0v) is 17.3. The third-order valence-corrected chi connectivity index (χ3v) is 9.16. The smallest absolute Gasteiger partial charge is 0.273 e. The minimum Gasteiger partial charge on any atom is -0.374 e. The van der Waals surface area contributed by atoms with Crippen molar-refractivity contribution in [2.45, 2.75) is 22.4 Å². The Labute approximate surface area is 166 Å². The molecule has 0 spiro atoms. The number of rotatable bonds is 5. The van der Waals surface area contributed by atoms with Crippen molar-refractivity contribution in [3.05, 3.63) is 57.4 Å². The maximum absolute atomic E-state index is 12.9. The Morgan fingerprint density at radius 2 is 2.19 bits per heavy atom. The molecule has 136 valence electrons. The van der Waals surface area contributed by atoms with E-state index in [1.165, 1.54) is 15.6 Å². The van der Waals surface area contributed by atoms with Crippen LogP contribution in [0.25, 0.3) is 0 Å². The minimum absolute atomic E-state index is 0.0580. The molecule has 5 nitrogen and oxygen atoms in total. The molecule has 1 aliphatic rings. The molecule has 0 saturated heterocycles. The van der Waals surface area contributed by atoms with Gasteiger partial charge in [-0.15, -0.1) is 22.7 Å². The second-order valence-electron chi connectivity index (χ2n) is 5.94. The van der Waals surface area contributed by atoms with Crippen molar-refractivity contribution in [3.8, 4) is 0 Å². The molecule has 2 aromatic heterocycles. The largest absolute Gasteiger partial charge is 0.374 e. The van der Waals surface area contributed by atoms with Gasteiger partial charge in [-0.25, -0.2) is 13.4 Å². The Kier molecular flexibility index (Phi) is 4.72. The van der Waals surface area contributed by atoms with E-state index >= 15 is 0 Å². The molecule has 3 heterocycles. The van der Waals surface area contributed by atoms with Gasteiger partial charge < -0.3 is 5.32 Å². The van der Waals surface area contributed by atoms with Gasteiger partial charge in [0.05, 0.1) is 17.4 Å². The molecule has 0 fully saturated rings. The summed E-state index contributed by atoms with van der Waals surface area (Å²) in [4.78, 5) is 5.62. The predicted molar refractivity (Wildman–Crippen MR) is 111 cm³/mol. The van der Waals surface area contributed by atoms with Gasteiger partial charge in [0.2, 0.25) is 0 Å². The summed E-state index contributed by atoms with van der Waals surface area (Å²) < 4.78 is 27.4. The topological polar surface area (TPSA) is 62.3 Å². The summed E-state index contributed by atoms with van der Waals surface area (Å²) in [5.41, 5.74) is 2.62. The molecule has 1 unspecified atom stereocenters. The van der Waals surface area contributed by atoms with Crippen LogP contribution in [0.5, 0.6) is 0 Å². The number of hydrogen-bond acceptors (Lipinski definition) is 7. The fraction of sp³-hybridized carbons (Fsp3) is 0.235. The van der Waals surface area contributed by atoms with Gasteiger partial charge in [-0.3, -0.25) is 4.31 Å². The summed E-state index contributed by atoms with van der Waals surface area (Å²) >= 11 is 7.16. The summed E-state index contributed by atoms with van der Waals surface area (Å²) in [5.74, 6) is 0.671. The van der Waals surface area contributed by atoms with Gasteiger partial charge in [0.15, 0.2) is 0 Å². The molecule has 1 aliphatic heterocycles. The highest BCUT2D eigenvalue weighted by Crippen LogP contribution is 2.42. The lowest BCUT2D eigenvalue weighted by molar-refractivity contribution is 0.596. The van der Waals surface area contributed by atoms with E-state index in [1.54, 1.807) is 35.9 Å². The first kappa shape index (κ1) is 17.8. The first-order chi connectivity index (χ1) is 12.5. The molecule has 4 rings (SSSR count). The molecule has 0 radical (unpaired) electrons. The summed E-state index contributed by atoms with van der Waals surface area (Å²) in [6.07, 6.45) is 2.64. The number of thiazole rings is 1. The van der Waals surface area contributed by atoms with Crippen LogP contribution in [0.15, 0.2) is 46.1 Å². The normalized spacial score (nSPS) is 16.3. The molecule has 0 amide bonds. The van der Waals surface area contributed by atoms with E-state index in [9.17, 15) is 8.42 Å². The first-order valence-corrected chi connectivity index (χ1v) is 11.7. The summed E-state index contributed by atoms with van der Waals surface area (Å²) in [7, 11) is -1.96. The number of nitrogens with zero attached hydrogens (tertiary/aromatic N) is 2. The van der Waals surface area contributed by atoms with Crippen molar-refractivity contribution < 1.29 is 8.42 Å². The van der Waals surface area contributed by atoms with Gasteiger partial charge in [0.1, 0.15) is 9.22 Å². The Bertz CT molecular complexity index is 1030. The molecule has 0 saturated carbocycles. The zero-order chi connectivity index (χ0) is 18.3. The van der Waals surface area contributed by atoms with Gasteiger partial charge in [0, 0.05) is 30.3 Å². The summed E-state index contributed by atoms with van der Waals surface area (Å²) in [5, 5.41) is 6.25. The van der Waals surface area contributed by atoms with E-state index in [2.05, 4.69) is 22.9 Å². The molecule has 9 heteroatoms. The second kappa shape index (κ2) is 6.88. The lowest BCUT2D eigenvalue weighted by Crippen LogP contribution is -2.26. The van der Waals surface area contributed by atoms with Crippen LogP contribution in [-0.4, -0.2) is 20.4 Å². The molecule has 1 atom stereocenters. The molecule has 0 aliphatic carbocycles. The third kappa shape index (κ3) is 3.02. The van der Waals surface area contributed by atoms with E-state index in [4.69, 9.17) is 0 Å². The maximum atomic E-state index is 12.9. The van der Waals surface area contributed by atoms with Crippen LogP contribution in [0.2, 0.25) is 0 Å². The van der Waals surface area contributed by atoms with E-state index in [0.717, 1.165) is 27.6 Å². The van der Waals surface area contributed by atoms with Crippen molar-refractivity contribution in [2.24, 2.45) is 0 Å². The van der Waals surface area contributed by atoms with Crippen LogP contribution in [-0.2, 0) is 22.2 Å². The number of benzene rings is 1. The molecular formula is C17H17N3O2S4. The van der Waals surface area contributed by atoms with Crippen LogP contribution in [0, 0.1) is 0 Å². The average molecular weight is 424 g/mol. The standard InChI is InChI=1S/C17H17N3O2S4/c1-20(26(21,22)15-6-3-7-24-15)14-5-2-4-11-8-13(19-16(11)14)17-18-9-12(10-23)25-17/h2-7,9,13,19,23H,8,10H2,1H3. The van der Waals surface area contributed by atoms with E-state index in [0.29, 0.717) is 15.6 Å². The van der Waals surface area contributed by atoms with Gasteiger partial charge in [0.25, 0.3) is 10.0 Å². The predicted octanol–water partition coefficient (Wildman–Crippen LogP) is 4.17. The fourth-order valence-electron chi connectivity index (χ4n) is 3.01. The number of para-hydroxylation sites is 1. The van der Waals surface area contributed by atoms with Gasteiger partial charge in [-0.05, 0) is 23.1 Å². The van der Waals surface area contributed by atoms with Crippen LogP contribution >= 0.6 is 35.3 Å². The molecule has 1 aromatic carbocycles. The maximum Gasteiger partial charge on any atom is 0.273 e. The number of thiophene rings is 1. The first-order valence-electron chi connectivity index (χ1n) is 7.97. The fourth-order valence-corrected chi connectivity index (χ4v) is 6.48. The molecule has 0 bridgehead atoms. The lowest BCUT2D eigenvalue weighted by atomic mass is 10.1. The van der Waals surface area contributed by atoms with Gasteiger partial charge >= 0.3 is 0 Å². The minimum atomic E-state index is -3.56. The number of sulfonamides is 1. The molecule has 1 N–H and O–H groups in total. The van der Waals surface area contributed by atoms with Crippen molar-refractivity contribution in [1.82, 2.24) is 4.98 Å². The Hall–Kier alpha value is -1.55. The monoisotopic (exact) mass is 423 g/mol. The third-order valence-electron chi connectivity index (χ3n) is 4.35. The number of aromatic nitrogens is 1. The Morgan fingerprint density at radius 3 is 2.88 bits per heavy atom. The van der Waals surface area contributed by atoms with Crippen LogP contribution in [0.4, 0.5) is 11.4 Å². The van der Waals surface area contributed by atoms with E-state index in [1.807, 2.05) is 24.4 Å². The van der Waals surface area contributed by atoms with Gasteiger partial charge in [-0.2, -0.15) is 12.6 Å². The summed E-state index contributed by atoms with van der Waals surface area (Å²) in [6.45, 7) is 0. The molecular weight excluding hydrogens is 406 g/mol. The highest BCUT2D eigenvalue weighted by molar-refractivity contribution is 7.94. The van der Waals surface area contributed by atoms with Crippen molar-refractivity contribution >= 4 is 56.7 Å². The number of hydrogen-bond donors (Lipinski definition) is 2. The van der Waals surface area contributed by atoms with Gasteiger partial charge in [-0.1, -0.05) is 18.2 Å². The zero-order valence-electron chi connectivity index (χ0n) is 13.9. The van der Waals surface area contributed by atoms with E-state index < -0.39 is 10.0 Å². The van der Waals surface area contributed by atoms with Crippen LogP contribution < -0.4 is 9.62 Å². The molecule has 26 heavy (non-hydrogen) atoms. The van der Waals surface area contributed by atoms with Crippen molar-refractivity contribution in [1.29, 1.82) is 0 Å². The number of thiol groups is 1. The number of fused-ring (bicyclic) bond motifs is 1. The molecule has 3 aromatic rings.